The maximum atomic E-state index is 12.3. The maximum absolute atomic E-state index is 12.3. The molecule has 29 heavy (non-hydrogen) atoms. The van der Waals surface area contributed by atoms with E-state index in [-0.39, 0.29) is 6.61 Å². The van der Waals surface area contributed by atoms with Crippen molar-refractivity contribution < 1.29 is 33.6 Å². The van der Waals surface area contributed by atoms with Crippen LogP contribution in [0.5, 0.6) is 0 Å². The lowest BCUT2D eigenvalue weighted by atomic mass is 9.97. The Morgan fingerprint density at radius 2 is 1.76 bits per heavy atom. The minimum atomic E-state index is -1.16. The van der Waals surface area contributed by atoms with Crippen molar-refractivity contribution in [2.24, 2.45) is 0 Å². The molecule has 0 spiro atoms. The van der Waals surface area contributed by atoms with Gasteiger partial charge in [0.25, 0.3) is 0 Å². The average Bonchev–Trinajstić information content (AvgIpc) is 2.76. The molecule has 2 aliphatic heterocycles. The first-order valence-electron chi connectivity index (χ1n) is 9.36. The van der Waals surface area contributed by atoms with Gasteiger partial charge in [-0.1, -0.05) is 48.5 Å². The summed E-state index contributed by atoms with van der Waals surface area (Å²) in [6, 6.07) is 18.3. The highest BCUT2D eigenvalue weighted by Gasteiger charge is 2.51. The van der Waals surface area contributed by atoms with Crippen LogP contribution in [0, 0.1) is 0 Å². The van der Waals surface area contributed by atoms with Crippen molar-refractivity contribution in [1.82, 2.24) is 0 Å². The molecule has 0 aliphatic carbocycles. The van der Waals surface area contributed by atoms with E-state index in [1.165, 1.54) is 7.11 Å². The van der Waals surface area contributed by atoms with Crippen molar-refractivity contribution in [2.75, 3.05) is 19.0 Å². The zero-order valence-electron chi connectivity index (χ0n) is 15.8. The Morgan fingerprint density at radius 3 is 2.45 bits per heavy atom. The number of nitrogens with one attached hydrogen (secondary N) is 1. The molecule has 2 aliphatic rings. The van der Waals surface area contributed by atoms with Gasteiger partial charge in [0.05, 0.1) is 6.61 Å². The van der Waals surface area contributed by atoms with Crippen LogP contribution in [0.25, 0.3) is 0 Å². The van der Waals surface area contributed by atoms with Crippen molar-refractivity contribution >= 4 is 11.8 Å². The number of hydrogen-bond acceptors (Lipinski definition) is 7. The summed E-state index contributed by atoms with van der Waals surface area (Å²) in [7, 11) is 1.42. The molecule has 0 bridgehead atoms. The Labute approximate surface area is 168 Å². The molecule has 0 aromatic heterocycles. The van der Waals surface area contributed by atoms with Gasteiger partial charge in [-0.3, -0.25) is 5.32 Å². The van der Waals surface area contributed by atoms with Gasteiger partial charge < -0.3 is 28.8 Å². The molecule has 1 unspecified atom stereocenters. The summed E-state index contributed by atoms with van der Waals surface area (Å²) in [6.07, 6.45) is -5.84. The number of carbonyl (C=O) groups excluding carboxylic acids is 1. The molecule has 8 nitrogen and oxygen atoms in total. The Hall–Kier alpha value is -2.49. The van der Waals surface area contributed by atoms with E-state index in [1.54, 1.807) is 24.3 Å². The summed E-state index contributed by atoms with van der Waals surface area (Å²) in [5.74, 6) is 0. The van der Waals surface area contributed by atoms with E-state index in [1.807, 2.05) is 36.4 Å². The third-order valence-electron chi connectivity index (χ3n) is 4.88. The number of hydrogen-bond donors (Lipinski definition) is 2. The second-order valence-corrected chi connectivity index (χ2v) is 6.81. The predicted molar refractivity (Wildman–Crippen MR) is 102 cm³/mol. The summed E-state index contributed by atoms with van der Waals surface area (Å²) < 4.78 is 28.2. The number of para-hydroxylation sites is 1. The first-order chi connectivity index (χ1) is 14.2. The highest BCUT2D eigenvalue weighted by Crippen LogP contribution is 2.35. The molecule has 1 amide bonds. The molecule has 2 N–H and O–H groups in total. The van der Waals surface area contributed by atoms with Crippen LogP contribution in [-0.2, 0) is 23.7 Å². The zero-order valence-corrected chi connectivity index (χ0v) is 15.8. The third kappa shape index (κ3) is 4.42. The van der Waals surface area contributed by atoms with Crippen LogP contribution in [0.2, 0.25) is 0 Å². The number of carbonyl (C=O) groups is 1. The number of methoxy groups -OCH3 is 1. The molecule has 4 rings (SSSR count). The molecule has 8 heteroatoms. The molecule has 2 fully saturated rings. The van der Waals surface area contributed by atoms with Gasteiger partial charge in [0.15, 0.2) is 18.7 Å². The number of anilines is 1. The quantitative estimate of drug-likeness (QED) is 0.812. The van der Waals surface area contributed by atoms with Crippen LogP contribution in [0.4, 0.5) is 10.5 Å². The number of rotatable bonds is 4. The molecule has 6 atom stereocenters. The van der Waals surface area contributed by atoms with Crippen LogP contribution in [-0.4, -0.2) is 55.6 Å². The molecule has 0 radical (unpaired) electrons. The second-order valence-electron chi connectivity index (χ2n) is 6.81. The Bertz CT molecular complexity index is 803. The zero-order chi connectivity index (χ0) is 20.2. The molecule has 0 saturated carbocycles. The Morgan fingerprint density at radius 1 is 1.07 bits per heavy atom. The third-order valence-corrected chi connectivity index (χ3v) is 4.88. The predicted octanol–water partition coefficient (Wildman–Crippen LogP) is 2.45. The number of benzene rings is 2. The fourth-order valence-electron chi connectivity index (χ4n) is 3.45. The number of aliphatic hydroxyl groups excluding tert-OH is 1. The van der Waals surface area contributed by atoms with Gasteiger partial charge in [-0.2, -0.15) is 0 Å². The minimum absolute atomic E-state index is 0.212. The standard InChI is InChI=1S/C21H23NO7/c1-25-20-18(29-21(24)22-14-10-6-3-7-11-14)16(23)17-15(27-20)12-26-19(28-17)13-8-4-2-5-9-13/h2-11,15-20,23H,12H2,1H3,(H,22,24)/t15-,16+,17-,18-,19?,20+/m1/s1. The van der Waals surface area contributed by atoms with E-state index in [0.29, 0.717) is 5.69 Å². The first-order valence-corrected chi connectivity index (χ1v) is 9.36. The Kier molecular flexibility index (Phi) is 6.08. The molecule has 154 valence electrons. The monoisotopic (exact) mass is 401 g/mol. The fraction of sp³-hybridized carbons (Fsp3) is 0.381. The summed E-state index contributed by atoms with van der Waals surface area (Å²) >= 11 is 0. The average molecular weight is 401 g/mol. The van der Waals surface area contributed by atoms with E-state index in [9.17, 15) is 9.90 Å². The van der Waals surface area contributed by atoms with Gasteiger partial charge in [-0.05, 0) is 12.1 Å². The van der Waals surface area contributed by atoms with Crippen LogP contribution in [0.1, 0.15) is 11.9 Å². The van der Waals surface area contributed by atoms with Crippen molar-refractivity contribution in [2.45, 2.75) is 37.0 Å². The van der Waals surface area contributed by atoms with E-state index in [0.717, 1.165) is 5.56 Å². The smallest absolute Gasteiger partial charge is 0.412 e. The molecular formula is C21H23NO7. The summed E-state index contributed by atoms with van der Waals surface area (Å²) in [5, 5.41) is 13.5. The van der Waals surface area contributed by atoms with Gasteiger partial charge in [0.1, 0.15) is 18.3 Å². The van der Waals surface area contributed by atoms with E-state index >= 15 is 0 Å². The fourth-order valence-corrected chi connectivity index (χ4v) is 3.45. The second kappa shape index (κ2) is 8.89. The molecule has 2 aromatic rings. The molecule has 2 heterocycles. The van der Waals surface area contributed by atoms with Crippen molar-refractivity contribution in [3.05, 3.63) is 66.2 Å². The van der Waals surface area contributed by atoms with Gasteiger partial charge in [-0.25, -0.2) is 4.79 Å². The van der Waals surface area contributed by atoms with E-state index < -0.39 is 43.1 Å². The molecular weight excluding hydrogens is 378 g/mol. The largest absolute Gasteiger partial charge is 0.438 e. The SMILES string of the molecule is CO[C@H]1O[C@@H]2COC(c3ccccc3)O[C@H]2[C@H](O)[C@H]1OC(=O)Nc1ccccc1. The summed E-state index contributed by atoms with van der Waals surface area (Å²) in [5.41, 5.74) is 1.40. The lowest BCUT2D eigenvalue weighted by Crippen LogP contribution is -2.63. The molecule has 2 aromatic carbocycles. The van der Waals surface area contributed by atoms with Crippen LogP contribution < -0.4 is 5.32 Å². The topological polar surface area (TPSA) is 95.5 Å². The summed E-state index contributed by atoms with van der Waals surface area (Å²) in [6.45, 7) is 0.212. The molecule has 2 saturated heterocycles. The van der Waals surface area contributed by atoms with Gasteiger partial charge in [0.2, 0.25) is 0 Å². The Balaban J connectivity index is 1.45. The lowest BCUT2D eigenvalue weighted by molar-refractivity contribution is -0.357. The van der Waals surface area contributed by atoms with Crippen molar-refractivity contribution in [1.29, 1.82) is 0 Å². The number of fused-ring (bicyclic) bond motifs is 1. The van der Waals surface area contributed by atoms with Crippen LogP contribution in [0.15, 0.2) is 60.7 Å². The first kappa shape index (κ1) is 19.8. The van der Waals surface area contributed by atoms with E-state index in [4.69, 9.17) is 23.7 Å². The van der Waals surface area contributed by atoms with Gasteiger partial charge in [0, 0.05) is 18.4 Å². The van der Waals surface area contributed by atoms with E-state index in [2.05, 4.69) is 5.32 Å². The van der Waals surface area contributed by atoms with Gasteiger partial charge in [-0.15, -0.1) is 0 Å². The van der Waals surface area contributed by atoms with Crippen LogP contribution in [0.3, 0.4) is 0 Å². The lowest BCUT2D eigenvalue weighted by Gasteiger charge is -2.46. The number of aliphatic hydroxyl groups is 1. The maximum Gasteiger partial charge on any atom is 0.412 e. The number of ether oxygens (including phenoxy) is 5. The summed E-state index contributed by atoms with van der Waals surface area (Å²) in [4.78, 5) is 12.3. The van der Waals surface area contributed by atoms with Crippen LogP contribution >= 0.6 is 0 Å². The normalized spacial score (nSPS) is 31.5. The highest BCUT2D eigenvalue weighted by molar-refractivity contribution is 5.84. The van der Waals surface area contributed by atoms with Gasteiger partial charge >= 0.3 is 6.09 Å². The highest BCUT2D eigenvalue weighted by atomic mass is 16.8. The van der Waals surface area contributed by atoms with Crippen molar-refractivity contribution in [3.63, 3.8) is 0 Å². The number of amides is 1. The van der Waals surface area contributed by atoms with Crippen molar-refractivity contribution in [3.8, 4) is 0 Å². The minimum Gasteiger partial charge on any atom is -0.438 e.